The van der Waals surface area contributed by atoms with Crippen LogP contribution in [0.2, 0.25) is 0 Å². The van der Waals surface area contributed by atoms with Gasteiger partial charge in [-0.05, 0) is 47.9 Å². The third kappa shape index (κ3) is 5.67. The zero-order valence-corrected chi connectivity index (χ0v) is 17.5. The number of aromatic hydroxyl groups is 1. The highest BCUT2D eigenvalue weighted by atomic mass is 16.3. The molecule has 2 N–H and O–H groups in total. The van der Waals surface area contributed by atoms with Crippen molar-refractivity contribution < 1.29 is 9.90 Å². The maximum atomic E-state index is 12.6. The van der Waals surface area contributed by atoms with Crippen molar-refractivity contribution in [2.75, 3.05) is 5.32 Å². The molecule has 0 atom stereocenters. The lowest BCUT2D eigenvalue weighted by molar-refractivity contribution is -0.116. The van der Waals surface area contributed by atoms with Crippen LogP contribution in [0.15, 0.2) is 91.1 Å². The number of aromatic nitrogens is 2. The molecule has 5 nitrogen and oxygen atoms in total. The lowest BCUT2D eigenvalue weighted by Crippen LogP contribution is -2.15. The van der Waals surface area contributed by atoms with Crippen LogP contribution in [0, 0.1) is 0 Å². The van der Waals surface area contributed by atoms with Gasteiger partial charge in [-0.3, -0.25) is 4.79 Å². The molecule has 0 radical (unpaired) electrons. The normalized spacial score (nSPS) is 10.9. The van der Waals surface area contributed by atoms with Crippen LogP contribution >= 0.6 is 0 Å². The van der Waals surface area contributed by atoms with Gasteiger partial charge < -0.3 is 10.4 Å². The zero-order chi connectivity index (χ0) is 22.2. The fourth-order valence-electron chi connectivity index (χ4n) is 3.22. The summed E-state index contributed by atoms with van der Waals surface area (Å²) in [5.74, 6) is 0.487. The summed E-state index contributed by atoms with van der Waals surface area (Å²) in [5, 5.41) is 12.5. The van der Waals surface area contributed by atoms with Crippen molar-refractivity contribution in [3.8, 4) is 17.0 Å². The summed E-state index contributed by atoms with van der Waals surface area (Å²) < 4.78 is 0. The molecule has 0 spiro atoms. The predicted molar refractivity (Wildman–Crippen MR) is 128 cm³/mol. The first-order valence-corrected chi connectivity index (χ1v) is 10.4. The summed E-state index contributed by atoms with van der Waals surface area (Å²) in [6.45, 7) is 0. The van der Waals surface area contributed by atoms with Gasteiger partial charge in [0.05, 0.1) is 11.9 Å². The molecule has 0 saturated carbocycles. The van der Waals surface area contributed by atoms with Crippen LogP contribution in [0.1, 0.15) is 23.2 Å². The number of nitrogens with zero attached hydrogens (tertiary/aromatic N) is 2. The molecule has 5 heteroatoms. The maximum Gasteiger partial charge on any atom is 0.225 e. The highest BCUT2D eigenvalue weighted by Crippen LogP contribution is 2.23. The van der Waals surface area contributed by atoms with Crippen LogP contribution in [0.3, 0.4) is 0 Å². The highest BCUT2D eigenvalue weighted by Gasteiger charge is 2.11. The van der Waals surface area contributed by atoms with Crippen LogP contribution in [0.4, 0.5) is 5.82 Å². The molecule has 0 saturated heterocycles. The molecule has 1 heterocycles. The Kier molecular flexibility index (Phi) is 6.68. The number of anilines is 1. The first-order valence-electron chi connectivity index (χ1n) is 10.4. The molecule has 0 bridgehead atoms. The number of carbonyl (C=O) groups excluding carboxylic acids is 1. The van der Waals surface area contributed by atoms with Crippen molar-refractivity contribution in [1.29, 1.82) is 0 Å². The van der Waals surface area contributed by atoms with E-state index in [1.54, 1.807) is 30.5 Å². The van der Waals surface area contributed by atoms with E-state index in [0.29, 0.717) is 30.0 Å². The molecular formula is C27H23N3O2. The van der Waals surface area contributed by atoms with E-state index in [9.17, 15) is 9.90 Å². The molecule has 0 unspecified atom stereocenters. The Labute approximate surface area is 187 Å². The van der Waals surface area contributed by atoms with Crippen molar-refractivity contribution in [3.63, 3.8) is 0 Å². The Morgan fingerprint density at radius 3 is 2.28 bits per heavy atom. The van der Waals surface area contributed by atoms with Gasteiger partial charge >= 0.3 is 0 Å². The van der Waals surface area contributed by atoms with E-state index < -0.39 is 0 Å². The third-order valence-electron chi connectivity index (χ3n) is 4.94. The largest absolute Gasteiger partial charge is 0.508 e. The van der Waals surface area contributed by atoms with Gasteiger partial charge in [0.1, 0.15) is 11.4 Å². The van der Waals surface area contributed by atoms with E-state index in [0.717, 1.165) is 16.7 Å². The monoisotopic (exact) mass is 421 g/mol. The molecule has 0 aliphatic carbocycles. The second-order valence-electron chi connectivity index (χ2n) is 7.31. The molecule has 0 aliphatic rings. The highest BCUT2D eigenvalue weighted by molar-refractivity contribution is 5.92. The Hall–Kier alpha value is -4.25. The van der Waals surface area contributed by atoms with E-state index in [-0.39, 0.29) is 11.7 Å². The Morgan fingerprint density at radius 2 is 1.56 bits per heavy atom. The molecule has 4 aromatic rings. The number of hydrogen-bond acceptors (Lipinski definition) is 4. The fraction of sp³-hybridized carbons (Fsp3) is 0.0741. The third-order valence-corrected chi connectivity index (χ3v) is 4.94. The van der Waals surface area contributed by atoms with Crippen LogP contribution in [-0.4, -0.2) is 21.0 Å². The summed E-state index contributed by atoms with van der Waals surface area (Å²) in [6.07, 6.45) is 6.41. The first kappa shape index (κ1) is 21.0. The van der Waals surface area contributed by atoms with E-state index in [2.05, 4.69) is 10.3 Å². The summed E-state index contributed by atoms with van der Waals surface area (Å²) >= 11 is 0. The average molecular weight is 422 g/mol. The van der Waals surface area contributed by atoms with Gasteiger partial charge in [-0.15, -0.1) is 0 Å². The van der Waals surface area contributed by atoms with Crippen molar-refractivity contribution in [2.24, 2.45) is 0 Å². The van der Waals surface area contributed by atoms with Crippen LogP contribution in [0.25, 0.3) is 23.4 Å². The van der Waals surface area contributed by atoms with E-state index in [1.807, 2.05) is 72.8 Å². The van der Waals surface area contributed by atoms with E-state index in [1.165, 1.54) is 0 Å². The van der Waals surface area contributed by atoms with Gasteiger partial charge in [0.2, 0.25) is 5.91 Å². The van der Waals surface area contributed by atoms with Gasteiger partial charge in [0, 0.05) is 12.0 Å². The molecule has 3 aromatic carbocycles. The molecule has 32 heavy (non-hydrogen) atoms. The fourth-order valence-corrected chi connectivity index (χ4v) is 3.22. The van der Waals surface area contributed by atoms with E-state index >= 15 is 0 Å². The first-order chi connectivity index (χ1) is 15.7. The molecule has 1 aromatic heterocycles. The topological polar surface area (TPSA) is 75.1 Å². The Bertz CT molecular complexity index is 1200. The van der Waals surface area contributed by atoms with Gasteiger partial charge in [-0.25, -0.2) is 9.97 Å². The predicted octanol–water partition coefficient (Wildman–Crippen LogP) is 5.59. The van der Waals surface area contributed by atoms with Crippen molar-refractivity contribution >= 4 is 23.9 Å². The van der Waals surface area contributed by atoms with Gasteiger partial charge in [0.25, 0.3) is 0 Å². The van der Waals surface area contributed by atoms with Crippen LogP contribution < -0.4 is 5.32 Å². The lowest BCUT2D eigenvalue weighted by atomic mass is 10.1. The number of aryl methyl sites for hydroxylation is 1. The van der Waals surface area contributed by atoms with Crippen LogP contribution in [0.5, 0.6) is 5.75 Å². The minimum atomic E-state index is -0.116. The summed E-state index contributed by atoms with van der Waals surface area (Å²) in [7, 11) is 0. The summed E-state index contributed by atoms with van der Waals surface area (Å²) in [4.78, 5) is 21.8. The number of hydrogen-bond donors (Lipinski definition) is 2. The van der Waals surface area contributed by atoms with Crippen LogP contribution in [-0.2, 0) is 11.2 Å². The minimum absolute atomic E-state index is 0.116. The number of nitrogens with one attached hydrogen (secondary N) is 1. The SMILES string of the molecule is O=C(CCc1ccccc1)Nc1ncc(-c2ccc(O)cc2)nc1C=Cc1ccccc1. The number of carbonyl (C=O) groups is 1. The zero-order valence-electron chi connectivity index (χ0n) is 17.5. The average Bonchev–Trinajstić information content (AvgIpc) is 2.84. The quantitative estimate of drug-likeness (QED) is 0.408. The number of phenolic OH excluding ortho intramolecular Hbond substituents is 1. The number of amides is 1. The Morgan fingerprint density at radius 1 is 0.875 bits per heavy atom. The molecular weight excluding hydrogens is 398 g/mol. The van der Waals surface area contributed by atoms with Crippen molar-refractivity contribution in [2.45, 2.75) is 12.8 Å². The lowest BCUT2D eigenvalue weighted by Gasteiger charge is -2.10. The van der Waals surface area contributed by atoms with Gasteiger partial charge in [-0.2, -0.15) is 0 Å². The second-order valence-corrected chi connectivity index (χ2v) is 7.31. The molecule has 0 aliphatic heterocycles. The molecule has 1 amide bonds. The summed E-state index contributed by atoms with van der Waals surface area (Å²) in [5.41, 5.74) is 4.17. The Balaban J connectivity index is 1.57. The molecule has 0 fully saturated rings. The number of rotatable bonds is 7. The van der Waals surface area contributed by atoms with E-state index in [4.69, 9.17) is 4.98 Å². The number of benzene rings is 3. The van der Waals surface area contributed by atoms with Gasteiger partial charge in [0.15, 0.2) is 5.82 Å². The molecule has 158 valence electrons. The smallest absolute Gasteiger partial charge is 0.225 e. The van der Waals surface area contributed by atoms with Gasteiger partial charge in [-0.1, -0.05) is 66.7 Å². The second kappa shape index (κ2) is 10.2. The number of phenols is 1. The summed E-state index contributed by atoms with van der Waals surface area (Å²) in [6, 6.07) is 26.5. The maximum absolute atomic E-state index is 12.6. The standard InChI is InChI=1S/C27H23N3O2/c31-23-15-13-22(14-16-23)25-19-28-27(24(29-25)17-11-20-7-3-1-4-8-20)30-26(32)18-12-21-9-5-2-6-10-21/h1-11,13-17,19,31H,12,18H2,(H,28,30,32). The van der Waals surface area contributed by atoms with Crippen molar-refractivity contribution in [3.05, 3.63) is 108 Å². The van der Waals surface area contributed by atoms with Crippen molar-refractivity contribution in [1.82, 2.24) is 9.97 Å². The molecule has 4 rings (SSSR count). The minimum Gasteiger partial charge on any atom is -0.508 e.